The second-order valence-corrected chi connectivity index (χ2v) is 9.77. The largest absolute Gasteiger partial charge is 0.454 e. The van der Waals surface area contributed by atoms with Crippen LogP contribution in [0, 0.1) is 0 Å². The summed E-state index contributed by atoms with van der Waals surface area (Å²) in [5.74, 6) is 0.281. The number of hydrogen-bond donors (Lipinski definition) is 2. The molecule has 214 valence electrons. The van der Waals surface area contributed by atoms with E-state index in [-0.39, 0.29) is 25.8 Å². The van der Waals surface area contributed by atoms with Gasteiger partial charge in [-0.2, -0.15) is 0 Å². The molecule has 0 bridgehead atoms. The van der Waals surface area contributed by atoms with Gasteiger partial charge < -0.3 is 24.8 Å². The molecule has 2 heterocycles. The van der Waals surface area contributed by atoms with Gasteiger partial charge in [-0.25, -0.2) is 19.8 Å². The first-order valence-corrected chi connectivity index (χ1v) is 12.6. The quantitative estimate of drug-likeness (QED) is 0.377. The Kier molecular flexibility index (Phi) is 10.0. The van der Waals surface area contributed by atoms with Crippen LogP contribution in [0.25, 0.3) is 0 Å². The Morgan fingerprint density at radius 1 is 1.25 bits per heavy atom. The second kappa shape index (κ2) is 13.4. The van der Waals surface area contributed by atoms with E-state index >= 15 is 0 Å². The van der Waals surface area contributed by atoms with Crippen molar-refractivity contribution in [1.82, 2.24) is 25.1 Å². The summed E-state index contributed by atoms with van der Waals surface area (Å²) in [6, 6.07) is 4.09. The molecule has 0 aliphatic carbocycles. The van der Waals surface area contributed by atoms with E-state index in [0.717, 1.165) is 0 Å². The third-order valence-corrected chi connectivity index (χ3v) is 5.41. The highest BCUT2D eigenvalue weighted by atomic mass is 16.7. The van der Waals surface area contributed by atoms with Crippen molar-refractivity contribution in [2.75, 3.05) is 20.4 Å². The predicted molar refractivity (Wildman–Crippen MR) is 148 cm³/mol. The summed E-state index contributed by atoms with van der Waals surface area (Å²) >= 11 is 0. The number of likely N-dealkylation sites (N-methyl/N-ethyl adjacent to an activating group) is 1. The van der Waals surface area contributed by atoms with Gasteiger partial charge in [-0.3, -0.25) is 19.1 Å². The van der Waals surface area contributed by atoms with Gasteiger partial charge in [0.25, 0.3) is 0 Å². The first kappa shape index (κ1) is 29.9. The lowest BCUT2D eigenvalue weighted by Gasteiger charge is -2.27. The standard InChI is InChI=1S/C27H35N7O6/c1-7-18(2)31-25(33-11-10-29-16-33)30-13-20(24(36)28-6)32-23(35)15-34(26(37)40-27(3,4)5)14-19-8-9-21-22(12-19)39-17-38-21/h7-13,16,20H,14-15,17H2,1-6H3,(H,28,36)(H,32,35)/b18-7-,30-13+,31-25+. The smallest absolute Gasteiger partial charge is 0.411 e. The van der Waals surface area contributed by atoms with Crippen molar-refractivity contribution in [3.8, 4) is 11.5 Å². The van der Waals surface area contributed by atoms with E-state index in [2.05, 4.69) is 25.6 Å². The summed E-state index contributed by atoms with van der Waals surface area (Å²) in [5, 5.41) is 5.13. The molecule has 2 aromatic rings. The van der Waals surface area contributed by atoms with Crippen molar-refractivity contribution in [3.63, 3.8) is 0 Å². The van der Waals surface area contributed by atoms with E-state index in [9.17, 15) is 14.4 Å². The molecule has 40 heavy (non-hydrogen) atoms. The molecule has 3 rings (SSSR count). The summed E-state index contributed by atoms with van der Waals surface area (Å²) in [4.78, 5) is 52.8. The zero-order valence-corrected chi connectivity index (χ0v) is 23.5. The van der Waals surface area contributed by atoms with Gasteiger partial charge in [0, 0.05) is 37.9 Å². The number of rotatable bonds is 8. The van der Waals surface area contributed by atoms with Crippen molar-refractivity contribution in [1.29, 1.82) is 0 Å². The molecular weight excluding hydrogens is 518 g/mol. The molecule has 0 saturated heterocycles. The molecule has 0 saturated carbocycles. The lowest BCUT2D eigenvalue weighted by Crippen LogP contribution is -2.50. The fourth-order valence-corrected chi connectivity index (χ4v) is 3.38. The van der Waals surface area contributed by atoms with Crippen LogP contribution in [0.15, 0.2) is 58.7 Å². The highest BCUT2D eigenvalue weighted by Crippen LogP contribution is 2.32. The van der Waals surface area contributed by atoms with Crippen LogP contribution in [0.1, 0.15) is 40.2 Å². The SMILES string of the molecule is C\C=C(C)/N=C(\N=C\C(NC(=O)CN(Cc1ccc2c(c1)OCO2)C(=O)OC(C)(C)C)C(=O)NC)n1ccnc1. The maximum absolute atomic E-state index is 13.1. The van der Waals surface area contributed by atoms with Crippen LogP contribution in [0.3, 0.4) is 0 Å². The number of aliphatic imine (C=N–C) groups is 2. The van der Waals surface area contributed by atoms with Gasteiger partial charge in [0.2, 0.25) is 24.6 Å². The lowest BCUT2D eigenvalue weighted by atomic mass is 10.2. The van der Waals surface area contributed by atoms with Gasteiger partial charge in [-0.05, 0) is 52.3 Å². The third-order valence-electron chi connectivity index (χ3n) is 5.41. The molecule has 13 heteroatoms. The van der Waals surface area contributed by atoms with Gasteiger partial charge in [-0.1, -0.05) is 12.1 Å². The Balaban J connectivity index is 1.80. The zero-order valence-electron chi connectivity index (χ0n) is 23.5. The van der Waals surface area contributed by atoms with E-state index in [1.165, 1.54) is 24.5 Å². The summed E-state index contributed by atoms with van der Waals surface area (Å²) in [6.45, 7) is 8.62. The molecule has 1 aromatic carbocycles. The van der Waals surface area contributed by atoms with Gasteiger partial charge in [0.1, 0.15) is 24.5 Å². The molecule has 0 spiro atoms. The van der Waals surface area contributed by atoms with Gasteiger partial charge >= 0.3 is 6.09 Å². The van der Waals surface area contributed by atoms with E-state index in [1.807, 2.05) is 6.92 Å². The average Bonchev–Trinajstić information content (AvgIpc) is 3.60. The number of hydrogen-bond acceptors (Lipinski definition) is 8. The number of ether oxygens (including phenoxy) is 3. The minimum absolute atomic E-state index is 0.0533. The molecule has 3 amide bonds. The number of imidazole rings is 1. The highest BCUT2D eigenvalue weighted by Gasteiger charge is 2.27. The van der Waals surface area contributed by atoms with Crippen LogP contribution in [0.2, 0.25) is 0 Å². The van der Waals surface area contributed by atoms with Crippen LogP contribution >= 0.6 is 0 Å². The molecule has 1 unspecified atom stereocenters. The Bertz CT molecular complexity index is 1290. The minimum atomic E-state index is -1.15. The molecule has 0 fully saturated rings. The van der Waals surface area contributed by atoms with Crippen LogP contribution < -0.4 is 20.1 Å². The molecule has 0 radical (unpaired) electrons. The Hall–Kier alpha value is -4.68. The molecule has 2 N–H and O–H groups in total. The number of aromatic nitrogens is 2. The highest BCUT2D eigenvalue weighted by molar-refractivity contribution is 6.04. The van der Waals surface area contributed by atoms with Crippen LogP contribution in [-0.2, 0) is 20.9 Å². The van der Waals surface area contributed by atoms with Gasteiger partial charge in [0.05, 0.1) is 0 Å². The zero-order chi connectivity index (χ0) is 29.3. The fraction of sp³-hybridized carbons (Fsp3) is 0.407. The number of amides is 3. The topological polar surface area (TPSA) is 149 Å². The summed E-state index contributed by atoms with van der Waals surface area (Å²) < 4.78 is 17.9. The number of carbonyl (C=O) groups excluding carboxylic acids is 3. The van der Waals surface area contributed by atoms with Crippen molar-refractivity contribution >= 4 is 30.1 Å². The fourth-order valence-electron chi connectivity index (χ4n) is 3.38. The number of fused-ring (bicyclic) bond motifs is 1. The first-order chi connectivity index (χ1) is 19.0. The normalized spacial score (nSPS) is 14.2. The maximum atomic E-state index is 13.1. The summed E-state index contributed by atoms with van der Waals surface area (Å²) in [5.41, 5.74) is 0.609. The first-order valence-electron chi connectivity index (χ1n) is 12.6. The Morgan fingerprint density at radius 3 is 2.65 bits per heavy atom. The van der Waals surface area contributed by atoms with Crippen LogP contribution in [0.5, 0.6) is 11.5 Å². The van der Waals surface area contributed by atoms with E-state index < -0.39 is 29.6 Å². The third kappa shape index (κ3) is 8.68. The van der Waals surface area contributed by atoms with Crippen molar-refractivity contribution in [2.24, 2.45) is 9.98 Å². The molecule has 1 aromatic heterocycles. The molecular formula is C27H35N7O6. The van der Waals surface area contributed by atoms with Crippen molar-refractivity contribution in [3.05, 3.63) is 54.3 Å². The minimum Gasteiger partial charge on any atom is -0.454 e. The van der Waals surface area contributed by atoms with Crippen molar-refractivity contribution in [2.45, 2.75) is 52.8 Å². The summed E-state index contributed by atoms with van der Waals surface area (Å²) in [6.07, 6.45) is 7.12. The number of allylic oxidation sites excluding steroid dienone is 2. The number of nitrogens with one attached hydrogen (secondary N) is 2. The molecule has 1 atom stereocenters. The average molecular weight is 554 g/mol. The molecule has 13 nitrogen and oxygen atoms in total. The summed E-state index contributed by atoms with van der Waals surface area (Å²) in [7, 11) is 1.44. The number of carbonyl (C=O) groups is 3. The van der Waals surface area contributed by atoms with Crippen LogP contribution in [0.4, 0.5) is 4.79 Å². The van der Waals surface area contributed by atoms with E-state index in [4.69, 9.17) is 14.2 Å². The van der Waals surface area contributed by atoms with Crippen molar-refractivity contribution < 1.29 is 28.6 Å². The Morgan fingerprint density at radius 2 is 2.00 bits per heavy atom. The molecule has 1 aliphatic rings. The van der Waals surface area contributed by atoms with Gasteiger partial charge in [0.15, 0.2) is 11.5 Å². The molecule has 1 aliphatic heterocycles. The van der Waals surface area contributed by atoms with E-state index in [1.54, 1.807) is 68.9 Å². The number of nitrogens with zero attached hydrogens (tertiary/aromatic N) is 5. The Labute approximate surface area is 232 Å². The second-order valence-electron chi connectivity index (χ2n) is 9.77. The lowest BCUT2D eigenvalue weighted by molar-refractivity contribution is -0.127. The number of benzene rings is 1. The maximum Gasteiger partial charge on any atom is 0.411 e. The monoisotopic (exact) mass is 553 g/mol. The predicted octanol–water partition coefficient (Wildman–Crippen LogP) is 2.48. The van der Waals surface area contributed by atoms with E-state index in [0.29, 0.717) is 22.8 Å². The van der Waals surface area contributed by atoms with Crippen LogP contribution in [-0.4, -0.2) is 76.6 Å². The van der Waals surface area contributed by atoms with Gasteiger partial charge in [-0.15, -0.1) is 0 Å².